The van der Waals surface area contributed by atoms with E-state index in [4.69, 9.17) is 20.0 Å². The van der Waals surface area contributed by atoms with Crippen LogP contribution in [-0.2, 0) is 26.7 Å². The predicted molar refractivity (Wildman–Crippen MR) is 425 cm³/mol. The van der Waals surface area contributed by atoms with Crippen LogP contribution in [0.3, 0.4) is 0 Å². The van der Waals surface area contributed by atoms with Crippen molar-refractivity contribution in [1.82, 2.24) is 9.97 Å². The maximum atomic E-state index is 14.1. The Morgan fingerprint density at radius 2 is 0.642 bits per heavy atom. The Morgan fingerprint density at radius 1 is 0.358 bits per heavy atom. The Labute approximate surface area is 634 Å². The molecule has 19 heteroatoms. The van der Waals surface area contributed by atoms with Crippen molar-refractivity contribution in [3.05, 3.63) is 425 Å². The first-order chi connectivity index (χ1) is 52.8. The molecular formula is C90H62CuN10O8. The molecule has 0 aliphatic carbocycles. The average Bonchev–Trinajstić information content (AvgIpc) is 1.54. The van der Waals surface area contributed by atoms with Crippen molar-refractivity contribution in [3.8, 4) is 0 Å². The number of anilines is 2. The van der Waals surface area contributed by atoms with Crippen molar-refractivity contribution in [2.24, 2.45) is 20.0 Å². The van der Waals surface area contributed by atoms with E-state index in [1.807, 2.05) is 255 Å². The van der Waals surface area contributed by atoms with E-state index in [2.05, 4.69) is 9.97 Å². The predicted octanol–water partition coefficient (Wildman–Crippen LogP) is 13.7. The van der Waals surface area contributed by atoms with Crippen LogP contribution in [0.25, 0.3) is 57.7 Å². The molecule has 4 unspecified atom stereocenters. The number of nitrogens with zero attached hydrogens (tertiary/aromatic N) is 8. The number of fused-ring (bicyclic) bond motifs is 12. The number of aliphatic carboxylic acids is 2. The van der Waals surface area contributed by atoms with E-state index < -0.39 is 44.9 Å². The number of carboxylic acids is 2. The molecule has 0 amide bonds. The van der Waals surface area contributed by atoms with Crippen molar-refractivity contribution in [2.75, 3.05) is 9.80 Å². The standard InChI is InChI=1S/2C45H31N5O4.Cu/c2*51-44(52)45(50(53)54)39-28-35-24-23-33(47-35)25-32-21-22-34(46-32)26-36-27-38(29-13-5-1-6-14-29)42(48-36)40(30-15-7-2-8-16-30)43(41(45)31-17-9-3-10-18-31)49(39)37-19-11-4-12-20-37;/h2*1-28,39,46H,(H,51,52);/b2*32-25-,34-26-,35-28-,42-40-;. The number of aromatic amines is 2. The molecule has 8 aromatic carbocycles. The number of hydrogen-bond acceptors (Lipinski definition) is 12. The van der Waals surface area contributed by atoms with E-state index in [0.717, 1.165) is 43.7 Å². The number of carbonyl (C=O) groups is 2. The summed E-state index contributed by atoms with van der Waals surface area (Å²) in [5, 5.41) is 54.1. The molecule has 531 valence electrons. The number of nitro groups is 2. The Kier molecular flexibility index (Phi) is 18.2. The van der Waals surface area contributed by atoms with Gasteiger partial charge in [0.1, 0.15) is 12.1 Å². The van der Waals surface area contributed by atoms with E-state index in [9.17, 15) is 40.0 Å². The van der Waals surface area contributed by atoms with E-state index in [1.54, 1.807) is 94.8 Å². The van der Waals surface area contributed by atoms with Crippen molar-refractivity contribution in [3.63, 3.8) is 0 Å². The van der Waals surface area contributed by atoms with Gasteiger partial charge >= 0.3 is 23.0 Å². The molecule has 8 aliphatic rings. The first kappa shape index (κ1) is 69.1. The zero-order valence-corrected chi connectivity index (χ0v) is 58.7. The molecule has 4 N–H and O–H groups in total. The van der Waals surface area contributed by atoms with Crippen molar-refractivity contribution >= 4 is 104 Å². The summed E-state index contributed by atoms with van der Waals surface area (Å²) in [5.74, 6) is -3.20. The van der Waals surface area contributed by atoms with Crippen LogP contribution >= 0.6 is 0 Å². The molecule has 18 rings (SSSR count). The maximum Gasteiger partial charge on any atom is 0.390 e. The molecular weight excluding hydrogens is 1410 g/mol. The second kappa shape index (κ2) is 28.7. The maximum absolute atomic E-state index is 14.1. The molecule has 16 bridgehead atoms. The number of nitrogens with one attached hydrogen (secondary N) is 2. The number of H-pyrrole nitrogens is 2. The van der Waals surface area contributed by atoms with Gasteiger partial charge in [0.05, 0.1) is 68.2 Å². The topological polar surface area (TPSA) is 248 Å². The van der Waals surface area contributed by atoms with Gasteiger partial charge in [-0.3, -0.25) is 20.2 Å². The number of para-hydroxylation sites is 2. The molecule has 8 aliphatic heterocycles. The normalized spacial score (nSPS) is 23.5. The number of carboxylic acid groups (broad SMARTS) is 2. The first-order valence-corrected chi connectivity index (χ1v) is 34.9. The molecule has 10 aromatic rings. The van der Waals surface area contributed by atoms with Gasteiger partial charge in [-0.2, -0.15) is 0 Å². The van der Waals surface area contributed by atoms with Crippen LogP contribution < -0.4 is 31.2 Å². The molecule has 0 fully saturated rings. The van der Waals surface area contributed by atoms with Gasteiger partial charge in [-0.05, 0) is 155 Å². The number of hydrogen-bond donors (Lipinski definition) is 4. The number of allylic oxidation sites excluding steroid dienone is 10. The molecule has 1 radical (unpaired) electrons. The third-order valence-corrected chi connectivity index (χ3v) is 20.1. The Balaban J connectivity index is 0.000000164. The Hall–Kier alpha value is -14.3. The molecule has 4 atom stereocenters. The molecule has 0 spiro atoms. The van der Waals surface area contributed by atoms with Gasteiger partial charge in [0.25, 0.3) is 0 Å². The monoisotopic (exact) mass is 1470 g/mol. The zero-order valence-electron chi connectivity index (χ0n) is 57.7. The van der Waals surface area contributed by atoms with Crippen LogP contribution in [0.4, 0.5) is 11.4 Å². The third kappa shape index (κ3) is 12.3. The van der Waals surface area contributed by atoms with Gasteiger partial charge in [-0.15, -0.1) is 0 Å². The molecule has 0 saturated heterocycles. The van der Waals surface area contributed by atoms with Gasteiger partial charge in [0.15, 0.2) is 0 Å². The summed E-state index contributed by atoms with van der Waals surface area (Å²) in [5.41, 5.74) is 7.57. The average molecular weight is 1480 g/mol. The van der Waals surface area contributed by atoms with E-state index in [-0.39, 0.29) is 28.2 Å². The van der Waals surface area contributed by atoms with Crippen LogP contribution in [0, 0.1) is 20.2 Å². The smallest absolute Gasteiger partial charge is 0.390 e. The van der Waals surface area contributed by atoms with Gasteiger partial charge in [0, 0.05) is 82.0 Å². The van der Waals surface area contributed by atoms with E-state index >= 15 is 0 Å². The van der Waals surface area contributed by atoms with Crippen LogP contribution in [0.15, 0.2) is 370 Å². The first-order valence-electron chi connectivity index (χ1n) is 34.9. The van der Waals surface area contributed by atoms with Crippen LogP contribution in [0.2, 0.25) is 0 Å². The Bertz CT molecular complexity index is 5760. The third-order valence-electron chi connectivity index (χ3n) is 20.1. The quantitative estimate of drug-likeness (QED) is 0.0511. The summed E-state index contributed by atoms with van der Waals surface area (Å²) < 4.78 is 0. The Morgan fingerprint density at radius 3 is 0.945 bits per heavy atom. The second-order valence-corrected chi connectivity index (χ2v) is 26.5. The fourth-order valence-electron chi connectivity index (χ4n) is 15.5. The van der Waals surface area contributed by atoms with Crippen LogP contribution in [0.5, 0.6) is 0 Å². The van der Waals surface area contributed by atoms with Gasteiger partial charge in [-0.25, -0.2) is 29.6 Å². The minimum atomic E-state index is -2.70. The van der Waals surface area contributed by atoms with E-state index in [0.29, 0.717) is 102 Å². The second-order valence-electron chi connectivity index (χ2n) is 26.5. The minimum Gasteiger partial charge on any atom is -0.476 e. The molecule has 0 saturated carbocycles. The van der Waals surface area contributed by atoms with Crippen molar-refractivity contribution in [2.45, 2.75) is 23.2 Å². The molecule has 18 nitrogen and oxygen atoms in total. The minimum absolute atomic E-state index is 0. The number of benzene rings is 8. The van der Waals surface area contributed by atoms with Crippen LogP contribution in [0.1, 0.15) is 33.4 Å². The summed E-state index contributed by atoms with van der Waals surface area (Å²) in [6.45, 7) is 0. The van der Waals surface area contributed by atoms with Crippen molar-refractivity contribution in [1.29, 1.82) is 0 Å². The summed E-state index contributed by atoms with van der Waals surface area (Å²) in [7, 11) is 0. The summed E-state index contributed by atoms with van der Waals surface area (Å²) in [6.07, 6.45) is 22.1. The molecule has 109 heavy (non-hydrogen) atoms. The van der Waals surface area contributed by atoms with Crippen molar-refractivity contribution < 1.29 is 46.7 Å². The van der Waals surface area contributed by atoms with Gasteiger partial charge < -0.3 is 30.0 Å². The SMILES string of the molecule is O=C(O)C1([N+](=O)[O-])C(c2ccccc2)=C2/C(c3ccccc3)=C3N=C(C=C\3c3ccccc3)/C=c3/cc/c([nH]3)=C/C3=NC(=C\C1N2c1ccccc1)/C=C3.O=C(O)C1([N+](=O)[O-])C(c2ccccc2)=C2/C(c3ccccc3)=C3N=C(C=C\3c3ccccc3)/C=c3/cc/c([nH]3)=C/C3=NC(=C\C1N2c1ccccc1)/C=C3.[Cu]. The molecule has 2 aromatic heterocycles. The number of aliphatic imine (C=N–C) groups is 4. The molecule has 10 heterocycles. The summed E-state index contributed by atoms with van der Waals surface area (Å²) in [6, 6.07) is 80.0. The number of aromatic nitrogens is 2. The largest absolute Gasteiger partial charge is 0.476 e. The summed E-state index contributed by atoms with van der Waals surface area (Å²) in [4.78, 5) is 85.6. The van der Waals surface area contributed by atoms with Gasteiger partial charge in [0.2, 0.25) is 0 Å². The number of rotatable bonds is 12. The van der Waals surface area contributed by atoms with E-state index in [1.165, 1.54) is 0 Å². The zero-order chi connectivity index (χ0) is 73.6. The van der Waals surface area contributed by atoms with Crippen LogP contribution in [-0.4, -0.2) is 88.0 Å². The fraction of sp³-hybridized carbons (Fsp3) is 0.0444. The van der Waals surface area contributed by atoms with Gasteiger partial charge in [-0.1, -0.05) is 218 Å². The summed E-state index contributed by atoms with van der Waals surface area (Å²) >= 11 is 0. The fourth-order valence-corrected chi connectivity index (χ4v) is 15.5.